The van der Waals surface area contributed by atoms with Crippen molar-refractivity contribution < 1.29 is 9.53 Å². The molecule has 0 unspecified atom stereocenters. The standard InChI is InChI=1S/C28H32N6O2/c1-18(2)34-28(20(4)15-30-34)24-14-25-32(26(35)10-12-33(25)31-24)16-21-8-9-23(19(3)13-21)27-22(17-36-5)7-6-11-29-27/h6-9,11,13-15,18H,10,12,16-17H2,1-5H3. The smallest absolute Gasteiger partial charge is 0.230 e. The van der Waals surface area contributed by atoms with Gasteiger partial charge >= 0.3 is 0 Å². The van der Waals surface area contributed by atoms with E-state index in [0.717, 1.165) is 50.7 Å². The minimum absolute atomic E-state index is 0.108. The fraction of sp³-hybridized carbons (Fsp3) is 0.357. The Morgan fingerprint density at radius 3 is 2.69 bits per heavy atom. The molecule has 0 radical (unpaired) electrons. The Morgan fingerprint density at radius 1 is 1.11 bits per heavy atom. The second kappa shape index (κ2) is 9.70. The van der Waals surface area contributed by atoms with Crippen LogP contribution in [0.5, 0.6) is 0 Å². The van der Waals surface area contributed by atoms with Gasteiger partial charge < -0.3 is 4.74 Å². The number of fused-ring (bicyclic) bond motifs is 1. The molecule has 0 saturated carbocycles. The van der Waals surface area contributed by atoms with Crippen LogP contribution in [-0.4, -0.2) is 37.6 Å². The number of carbonyl (C=O) groups excluding carboxylic acids is 1. The second-order valence-corrected chi connectivity index (χ2v) is 9.65. The van der Waals surface area contributed by atoms with E-state index in [1.54, 1.807) is 13.3 Å². The van der Waals surface area contributed by atoms with Crippen molar-refractivity contribution in [2.75, 3.05) is 12.0 Å². The lowest BCUT2D eigenvalue weighted by atomic mass is 9.99. The van der Waals surface area contributed by atoms with Crippen molar-refractivity contribution in [3.8, 4) is 22.6 Å². The number of amides is 1. The summed E-state index contributed by atoms with van der Waals surface area (Å²) in [5.41, 5.74) is 8.15. The molecule has 1 aliphatic heterocycles. The lowest BCUT2D eigenvalue weighted by molar-refractivity contribution is -0.119. The van der Waals surface area contributed by atoms with E-state index in [4.69, 9.17) is 9.84 Å². The van der Waals surface area contributed by atoms with Crippen molar-refractivity contribution in [2.45, 2.75) is 59.9 Å². The first-order valence-electron chi connectivity index (χ1n) is 12.3. The zero-order chi connectivity index (χ0) is 25.4. The van der Waals surface area contributed by atoms with Crippen molar-refractivity contribution in [1.82, 2.24) is 24.5 Å². The summed E-state index contributed by atoms with van der Waals surface area (Å²) in [7, 11) is 1.69. The molecule has 8 heteroatoms. The van der Waals surface area contributed by atoms with Gasteiger partial charge in [0.1, 0.15) is 11.5 Å². The molecule has 8 nitrogen and oxygen atoms in total. The first-order chi connectivity index (χ1) is 17.4. The third-order valence-corrected chi connectivity index (χ3v) is 6.66. The lowest BCUT2D eigenvalue weighted by Crippen LogP contribution is -2.36. The second-order valence-electron chi connectivity index (χ2n) is 9.65. The van der Waals surface area contributed by atoms with Gasteiger partial charge in [-0.25, -0.2) is 4.68 Å². The number of hydrogen-bond donors (Lipinski definition) is 0. The number of aromatic nitrogens is 5. The van der Waals surface area contributed by atoms with Crippen LogP contribution in [0.25, 0.3) is 22.6 Å². The van der Waals surface area contributed by atoms with E-state index >= 15 is 0 Å². The molecule has 4 aromatic rings. The highest BCUT2D eigenvalue weighted by Gasteiger charge is 2.28. The van der Waals surface area contributed by atoms with E-state index in [1.165, 1.54) is 0 Å². The van der Waals surface area contributed by atoms with Gasteiger partial charge in [-0.2, -0.15) is 10.2 Å². The molecule has 0 bridgehead atoms. The highest BCUT2D eigenvalue weighted by Crippen LogP contribution is 2.33. The number of benzene rings is 1. The number of pyridine rings is 1. The summed E-state index contributed by atoms with van der Waals surface area (Å²) in [6.07, 6.45) is 4.11. The molecule has 4 heterocycles. The van der Waals surface area contributed by atoms with Crippen molar-refractivity contribution in [3.63, 3.8) is 0 Å². The maximum atomic E-state index is 13.0. The quantitative estimate of drug-likeness (QED) is 0.365. The van der Waals surface area contributed by atoms with Gasteiger partial charge in [0.15, 0.2) is 0 Å². The van der Waals surface area contributed by atoms with Gasteiger partial charge in [0.25, 0.3) is 0 Å². The summed E-state index contributed by atoms with van der Waals surface area (Å²) in [6.45, 7) is 9.93. The molecule has 36 heavy (non-hydrogen) atoms. The molecule has 0 aliphatic carbocycles. The Labute approximate surface area is 211 Å². The maximum absolute atomic E-state index is 13.0. The van der Waals surface area contributed by atoms with E-state index in [2.05, 4.69) is 49.1 Å². The molecule has 0 saturated heterocycles. The minimum Gasteiger partial charge on any atom is -0.380 e. The lowest BCUT2D eigenvalue weighted by Gasteiger charge is -2.27. The van der Waals surface area contributed by atoms with E-state index in [1.807, 2.05) is 45.6 Å². The molecule has 1 aliphatic rings. The van der Waals surface area contributed by atoms with Gasteiger partial charge in [-0.1, -0.05) is 24.3 Å². The molecule has 0 N–H and O–H groups in total. The van der Waals surface area contributed by atoms with Crippen molar-refractivity contribution in [3.05, 3.63) is 71.0 Å². The first kappa shape index (κ1) is 23.9. The Balaban J connectivity index is 1.46. The van der Waals surface area contributed by atoms with Crippen LogP contribution >= 0.6 is 0 Å². The third kappa shape index (κ3) is 4.33. The van der Waals surface area contributed by atoms with E-state index in [0.29, 0.717) is 26.1 Å². The molecule has 0 fully saturated rings. The SMILES string of the molecule is COCc1cccnc1-c1ccc(CN2C(=O)CCn3nc(-c4c(C)cnn4C(C)C)cc32)cc1C. The fourth-order valence-corrected chi connectivity index (χ4v) is 4.92. The summed E-state index contributed by atoms with van der Waals surface area (Å²) < 4.78 is 9.30. The number of methoxy groups -OCH3 is 1. The molecule has 1 amide bonds. The number of nitrogens with zero attached hydrogens (tertiary/aromatic N) is 6. The molecule has 3 aromatic heterocycles. The van der Waals surface area contributed by atoms with Crippen LogP contribution in [0, 0.1) is 13.8 Å². The molecule has 0 spiro atoms. The number of hydrogen-bond acceptors (Lipinski definition) is 5. The van der Waals surface area contributed by atoms with Crippen LogP contribution in [0.1, 0.15) is 48.6 Å². The molecule has 186 valence electrons. The number of aryl methyl sites for hydroxylation is 3. The van der Waals surface area contributed by atoms with Gasteiger partial charge in [0, 0.05) is 43.0 Å². The van der Waals surface area contributed by atoms with Crippen LogP contribution in [-0.2, 0) is 29.2 Å². The number of anilines is 1. The van der Waals surface area contributed by atoms with E-state index in [9.17, 15) is 4.79 Å². The van der Waals surface area contributed by atoms with Gasteiger partial charge in [-0.15, -0.1) is 0 Å². The predicted molar refractivity (Wildman–Crippen MR) is 139 cm³/mol. The first-order valence-corrected chi connectivity index (χ1v) is 12.3. The zero-order valence-electron chi connectivity index (χ0n) is 21.5. The Kier molecular flexibility index (Phi) is 6.45. The Hall–Kier alpha value is -3.78. The average molecular weight is 485 g/mol. The van der Waals surface area contributed by atoms with Crippen LogP contribution in [0.4, 0.5) is 5.82 Å². The Morgan fingerprint density at radius 2 is 1.94 bits per heavy atom. The van der Waals surface area contributed by atoms with Crippen molar-refractivity contribution >= 4 is 11.7 Å². The minimum atomic E-state index is 0.108. The number of rotatable bonds is 7. The highest BCUT2D eigenvalue weighted by atomic mass is 16.5. The largest absolute Gasteiger partial charge is 0.380 e. The maximum Gasteiger partial charge on any atom is 0.230 e. The zero-order valence-corrected chi connectivity index (χ0v) is 21.5. The van der Waals surface area contributed by atoms with Gasteiger partial charge in [0.05, 0.1) is 37.3 Å². The predicted octanol–water partition coefficient (Wildman–Crippen LogP) is 5.09. The average Bonchev–Trinajstić information content (AvgIpc) is 3.45. The van der Waals surface area contributed by atoms with Gasteiger partial charge in [0.2, 0.25) is 5.91 Å². The molecule has 1 aromatic carbocycles. The highest BCUT2D eigenvalue weighted by molar-refractivity contribution is 5.94. The van der Waals surface area contributed by atoms with E-state index < -0.39 is 0 Å². The third-order valence-electron chi connectivity index (χ3n) is 6.66. The topological polar surface area (TPSA) is 78.1 Å². The summed E-state index contributed by atoms with van der Waals surface area (Å²) >= 11 is 0. The number of carbonyl (C=O) groups is 1. The summed E-state index contributed by atoms with van der Waals surface area (Å²) in [5, 5.41) is 9.40. The Bertz CT molecular complexity index is 1420. The molecule has 5 rings (SSSR count). The summed E-state index contributed by atoms with van der Waals surface area (Å²) in [5.74, 6) is 0.933. The number of ether oxygens (including phenoxy) is 1. The van der Waals surface area contributed by atoms with Crippen LogP contribution in [0.15, 0.2) is 48.8 Å². The molecule has 0 atom stereocenters. The molecular weight excluding hydrogens is 452 g/mol. The van der Waals surface area contributed by atoms with Gasteiger partial charge in [-0.3, -0.25) is 19.4 Å². The van der Waals surface area contributed by atoms with Crippen molar-refractivity contribution in [1.29, 1.82) is 0 Å². The van der Waals surface area contributed by atoms with Gasteiger partial charge in [-0.05, 0) is 50.5 Å². The monoisotopic (exact) mass is 484 g/mol. The normalized spacial score (nSPS) is 13.5. The van der Waals surface area contributed by atoms with Crippen LogP contribution in [0.2, 0.25) is 0 Å². The van der Waals surface area contributed by atoms with Crippen LogP contribution in [0.3, 0.4) is 0 Å². The summed E-state index contributed by atoms with van der Waals surface area (Å²) in [6, 6.07) is 12.5. The fourth-order valence-electron chi connectivity index (χ4n) is 4.92. The van der Waals surface area contributed by atoms with E-state index in [-0.39, 0.29) is 11.9 Å². The van der Waals surface area contributed by atoms with Crippen LogP contribution < -0.4 is 4.90 Å². The summed E-state index contributed by atoms with van der Waals surface area (Å²) in [4.78, 5) is 19.5. The van der Waals surface area contributed by atoms with Crippen molar-refractivity contribution in [2.24, 2.45) is 0 Å². The molecular formula is C28H32N6O2.